The zero-order valence-electron chi connectivity index (χ0n) is 13.0. The number of hydrogen-bond donors (Lipinski definition) is 1. The summed E-state index contributed by atoms with van der Waals surface area (Å²) in [6.45, 7) is 11.6. The van der Waals surface area contributed by atoms with Crippen LogP contribution in [-0.2, 0) is 0 Å². The summed E-state index contributed by atoms with van der Waals surface area (Å²) in [6, 6.07) is 0. The van der Waals surface area contributed by atoms with Gasteiger partial charge in [0.05, 0.1) is 26.4 Å². The van der Waals surface area contributed by atoms with E-state index in [2.05, 4.69) is 0 Å². The second kappa shape index (κ2) is 7.72. The Kier molecular flexibility index (Phi) is 6.28. The molecule has 0 bridgehead atoms. The normalized spacial score (nSPS) is 10.2. The molecular formula is C15H25NO4. The van der Waals surface area contributed by atoms with E-state index in [1.807, 2.05) is 34.6 Å². The molecule has 0 aliphatic carbocycles. The van der Waals surface area contributed by atoms with Gasteiger partial charge in [0.2, 0.25) is 0 Å². The fraction of sp³-hybridized carbons (Fsp3) is 0.600. The van der Waals surface area contributed by atoms with Crippen LogP contribution in [0.1, 0.15) is 33.3 Å². The lowest BCUT2D eigenvalue weighted by atomic mass is 10.1. The molecule has 0 aliphatic heterocycles. The standard InChI is InChI=1S/C15H25NO4/c1-6-17-12-10(5)13(18-7-2)15(20-9-4)11(16)14(12)19-8-3/h6-9,16H2,1-5H3. The molecule has 0 atom stereocenters. The molecule has 0 amide bonds. The van der Waals surface area contributed by atoms with Crippen molar-refractivity contribution in [2.45, 2.75) is 34.6 Å². The Morgan fingerprint density at radius 2 is 0.950 bits per heavy atom. The first kappa shape index (κ1) is 16.3. The molecule has 2 N–H and O–H groups in total. The molecule has 0 aromatic heterocycles. The van der Waals surface area contributed by atoms with Crippen LogP contribution in [0, 0.1) is 6.92 Å². The molecule has 0 unspecified atom stereocenters. The van der Waals surface area contributed by atoms with Crippen molar-refractivity contribution in [2.75, 3.05) is 32.2 Å². The summed E-state index contributed by atoms with van der Waals surface area (Å²) in [5.41, 5.74) is 7.44. The van der Waals surface area contributed by atoms with Gasteiger partial charge in [-0.05, 0) is 34.6 Å². The van der Waals surface area contributed by atoms with Crippen LogP contribution < -0.4 is 24.7 Å². The van der Waals surface area contributed by atoms with Crippen LogP contribution in [0.3, 0.4) is 0 Å². The highest BCUT2D eigenvalue weighted by molar-refractivity contribution is 5.76. The van der Waals surface area contributed by atoms with Gasteiger partial charge in [0.1, 0.15) is 5.69 Å². The van der Waals surface area contributed by atoms with Crippen molar-refractivity contribution in [3.63, 3.8) is 0 Å². The van der Waals surface area contributed by atoms with Crippen LogP contribution in [0.25, 0.3) is 0 Å². The first-order valence-electron chi connectivity index (χ1n) is 7.09. The monoisotopic (exact) mass is 283 g/mol. The van der Waals surface area contributed by atoms with Gasteiger partial charge in [-0.2, -0.15) is 0 Å². The van der Waals surface area contributed by atoms with Crippen molar-refractivity contribution >= 4 is 5.69 Å². The number of benzene rings is 1. The van der Waals surface area contributed by atoms with Crippen molar-refractivity contribution in [3.8, 4) is 23.0 Å². The maximum absolute atomic E-state index is 6.18. The van der Waals surface area contributed by atoms with E-state index in [1.165, 1.54) is 0 Å². The van der Waals surface area contributed by atoms with Gasteiger partial charge in [0.25, 0.3) is 0 Å². The lowest BCUT2D eigenvalue weighted by Gasteiger charge is -2.22. The third kappa shape index (κ3) is 3.21. The third-order valence-electron chi connectivity index (χ3n) is 2.74. The van der Waals surface area contributed by atoms with E-state index < -0.39 is 0 Å². The van der Waals surface area contributed by atoms with Gasteiger partial charge in [-0.1, -0.05) is 0 Å². The van der Waals surface area contributed by atoms with Crippen LogP contribution in [0.2, 0.25) is 0 Å². The van der Waals surface area contributed by atoms with E-state index in [-0.39, 0.29) is 0 Å². The van der Waals surface area contributed by atoms with Crippen LogP contribution in [0.5, 0.6) is 23.0 Å². The van der Waals surface area contributed by atoms with Gasteiger partial charge in [-0.25, -0.2) is 0 Å². The summed E-state index contributed by atoms with van der Waals surface area (Å²) in [4.78, 5) is 0. The van der Waals surface area contributed by atoms with Crippen molar-refractivity contribution in [2.24, 2.45) is 0 Å². The van der Waals surface area contributed by atoms with Crippen molar-refractivity contribution in [3.05, 3.63) is 5.56 Å². The van der Waals surface area contributed by atoms with E-state index in [9.17, 15) is 0 Å². The summed E-state index contributed by atoms with van der Waals surface area (Å²) in [5.74, 6) is 2.30. The number of nitrogens with two attached hydrogens (primary N) is 1. The number of rotatable bonds is 8. The molecular weight excluding hydrogens is 258 g/mol. The maximum Gasteiger partial charge on any atom is 0.188 e. The molecule has 5 heteroatoms. The average Bonchev–Trinajstić information content (AvgIpc) is 2.44. The van der Waals surface area contributed by atoms with Gasteiger partial charge in [-0.3, -0.25) is 0 Å². The van der Waals surface area contributed by atoms with Crippen molar-refractivity contribution < 1.29 is 18.9 Å². The van der Waals surface area contributed by atoms with E-state index in [0.29, 0.717) is 55.1 Å². The molecule has 0 saturated carbocycles. The van der Waals surface area contributed by atoms with Crippen LogP contribution in [0.4, 0.5) is 5.69 Å². The van der Waals surface area contributed by atoms with Crippen LogP contribution in [0.15, 0.2) is 0 Å². The summed E-state index contributed by atoms with van der Waals surface area (Å²) in [5, 5.41) is 0. The topological polar surface area (TPSA) is 62.9 Å². The number of nitrogen functional groups attached to an aromatic ring is 1. The van der Waals surface area contributed by atoms with E-state index >= 15 is 0 Å². The molecule has 20 heavy (non-hydrogen) atoms. The quantitative estimate of drug-likeness (QED) is 0.742. The fourth-order valence-electron chi connectivity index (χ4n) is 2.00. The van der Waals surface area contributed by atoms with Gasteiger partial charge in [0.15, 0.2) is 23.0 Å². The molecule has 1 aromatic rings. The van der Waals surface area contributed by atoms with Crippen LogP contribution in [-0.4, -0.2) is 26.4 Å². The summed E-state index contributed by atoms with van der Waals surface area (Å²) in [6.07, 6.45) is 0. The Labute approximate surface area is 121 Å². The fourth-order valence-corrected chi connectivity index (χ4v) is 2.00. The highest BCUT2D eigenvalue weighted by Gasteiger charge is 2.24. The highest BCUT2D eigenvalue weighted by Crippen LogP contribution is 2.50. The molecule has 1 aromatic carbocycles. The minimum atomic E-state index is 0.422. The molecule has 0 spiro atoms. The third-order valence-corrected chi connectivity index (χ3v) is 2.74. The first-order valence-corrected chi connectivity index (χ1v) is 7.09. The zero-order chi connectivity index (χ0) is 15.1. The molecule has 0 fully saturated rings. The predicted octanol–water partition coefficient (Wildman–Crippen LogP) is 3.17. The first-order chi connectivity index (χ1) is 9.62. The van der Waals surface area contributed by atoms with Gasteiger partial charge < -0.3 is 24.7 Å². The Hall–Kier alpha value is -1.78. The number of hydrogen-bond acceptors (Lipinski definition) is 5. The van der Waals surface area contributed by atoms with E-state index in [4.69, 9.17) is 24.7 Å². The molecule has 0 aliphatic rings. The number of ether oxygens (including phenoxy) is 4. The molecule has 114 valence electrons. The smallest absolute Gasteiger partial charge is 0.188 e. The van der Waals surface area contributed by atoms with E-state index in [0.717, 1.165) is 5.56 Å². The SMILES string of the molecule is CCOc1c(C)c(OCC)c(OCC)c(N)c1OCC. The minimum Gasteiger partial charge on any atom is -0.489 e. The summed E-state index contributed by atoms with van der Waals surface area (Å²) in [7, 11) is 0. The lowest BCUT2D eigenvalue weighted by Crippen LogP contribution is -2.09. The average molecular weight is 283 g/mol. The maximum atomic E-state index is 6.18. The predicted molar refractivity (Wildman–Crippen MR) is 80.3 cm³/mol. The highest BCUT2D eigenvalue weighted by atomic mass is 16.5. The number of anilines is 1. The zero-order valence-corrected chi connectivity index (χ0v) is 13.0. The van der Waals surface area contributed by atoms with Crippen LogP contribution >= 0.6 is 0 Å². The summed E-state index contributed by atoms with van der Waals surface area (Å²) >= 11 is 0. The molecule has 5 nitrogen and oxygen atoms in total. The molecule has 0 radical (unpaired) electrons. The Balaban J connectivity index is 3.50. The van der Waals surface area contributed by atoms with Gasteiger partial charge in [-0.15, -0.1) is 0 Å². The van der Waals surface area contributed by atoms with Gasteiger partial charge in [0, 0.05) is 5.56 Å². The second-order valence-corrected chi connectivity index (χ2v) is 4.09. The largest absolute Gasteiger partial charge is 0.489 e. The molecule has 1 rings (SSSR count). The minimum absolute atomic E-state index is 0.422. The second-order valence-electron chi connectivity index (χ2n) is 4.09. The van der Waals surface area contributed by atoms with Crippen molar-refractivity contribution in [1.82, 2.24) is 0 Å². The Morgan fingerprint density at radius 3 is 1.25 bits per heavy atom. The molecule has 0 heterocycles. The molecule has 0 saturated heterocycles. The Morgan fingerprint density at radius 1 is 0.650 bits per heavy atom. The van der Waals surface area contributed by atoms with E-state index in [1.54, 1.807) is 0 Å². The van der Waals surface area contributed by atoms with Gasteiger partial charge >= 0.3 is 0 Å². The Bertz CT molecular complexity index is 368. The lowest BCUT2D eigenvalue weighted by molar-refractivity contribution is 0.265. The van der Waals surface area contributed by atoms with Crippen molar-refractivity contribution in [1.29, 1.82) is 0 Å². The summed E-state index contributed by atoms with van der Waals surface area (Å²) < 4.78 is 22.6.